The summed E-state index contributed by atoms with van der Waals surface area (Å²) >= 11 is 0. The first kappa shape index (κ1) is 17.0. The molecule has 0 amide bonds. The molecule has 0 bridgehead atoms. The molecular formula is C20H25N5O. The van der Waals surface area contributed by atoms with E-state index in [-0.39, 0.29) is 0 Å². The molecule has 0 spiro atoms. The number of anilines is 1. The minimum atomic E-state index is -0.953. The molecule has 4 rings (SSSR count). The quantitative estimate of drug-likeness (QED) is 0.785. The zero-order valence-corrected chi connectivity index (χ0v) is 15.6. The van der Waals surface area contributed by atoms with Crippen LogP contribution >= 0.6 is 0 Å². The maximum absolute atomic E-state index is 10.1. The van der Waals surface area contributed by atoms with Crippen molar-refractivity contribution in [1.29, 1.82) is 0 Å². The number of aromatic nitrogens is 4. The van der Waals surface area contributed by atoms with Crippen LogP contribution in [-0.4, -0.2) is 38.2 Å². The summed E-state index contributed by atoms with van der Waals surface area (Å²) in [4.78, 5) is 7.26. The Hall–Kier alpha value is -2.47. The van der Waals surface area contributed by atoms with E-state index in [9.17, 15) is 5.11 Å². The molecule has 3 heterocycles. The van der Waals surface area contributed by atoms with Gasteiger partial charge in [-0.05, 0) is 51.3 Å². The van der Waals surface area contributed by atoms with Crippen LogP contribution in [0.5, 0.6) is 0 Å². The molecule has 0 saturated carbocycles. The van der Waals surface area contributed by atoms with E-state index >= 15 is 0 Å². The highest BCUT2D eigenvalue weighted by Crippen LogP contribution is 2.29. The van der Waals surface area contributed by atoms with Crippen molar-refractivity contribution in [3.63, 3.8) is 0 Å². The standard InChI is InChI=1S/C20H25N5O/c1-14-12-15-6-4-5-7-17(15)21-19(14)24-10-8-16(9-11-24)25-13-18(22-23-25)20(2,3)26/h4-7,12-13,16,26H,8-11H2,1-3H3. The van der Waals surface area contributed by atoms with Crippen LogP contribution in [0.1, 0.15) is 44.0 Å². The number of aliphatic hydroxyl groups is 1. The lowest BCUT2D eigenvalue weighted by molar-refractivity contribution is 0.0737. The zero-order valence-electron chi connectivity index (χ0n) is 15.6. The molecule has 136 valence electrons. The molecule has 0 atom stereocenters. The van der Waals surface area contributed by atoms with Crippen LogP contribution < -0.4 is 4.90 Å². The van der Waals surface area contributed by atoms with Crippen molar-refractivity contribution >= 4 is 16.7 Å². The maximum atomic E-state index is 10.1. The Morgan fingerprint density at radius 2 is 1.88 bits per heavy atom. The van der Waals surface area contributed by atoms with E-state index in [4.69, 9.17) is 4.98 Å². The van der Waals surface area contributed by atoms with Gasteiger partial charge in [0.15, 0.2) is 0 Å². The van der Waals surface area contributed by atoms with E-state index in [0.717, 1.165) is 37.3 Å². The van der Waals surface area contributed by atoms with Gasteiger partial charge in [0.1, 0.15) is 17.1 Å². The van der Waals surface area contributed by atoms with E-state index in [0.29, 0.717) is 11.7 Å². The smallest absolute Gasteiger partial charge is 0.132 e. The fourth-order valence-electron chi connectivity index (χ4n) is 3.61. The second kappa shape index (κ2) is 6.36. The van der Waals surface area contributed by atoms with E-state index in [1.165, 1.54) is 10.9 Å². The van der Waals surface area contributed by atoms with Crippen LogP contribution in [0.15, 0.2) is 36.5 Å². The molecule has 6 heteroatoms. The molecule has 1 aliphatic rings. The fourth-order valence-corrected chi connectivity index (χ4v) is 3.61. The van der Waals surface area contributed by atoms with Gasteiger partial charge in [-0.3, -0.25) is 0 Å². The first-order chi connectivity index (χ1) is 12.4. The topological polar surface area (TPSA) is 67.1 Å². The fraction of sp³-hybridized carbons (Fsp3) is 0.450. The predicted octanol–water partition coefficient (Wildman–Crippen LogP) is 3.20. The molecule has 2 aromatic heterocycles. The number of hydrogen-bond acceptors (Lipinski definition) is 5. The van der Waals surface area contributed by atoms with Crippen LogP contribution in [-0.2, 0) is 5.60 Å². The molecule has 0 unspecified atom stereocenters. The second-order valence-electron chi connectivity index (χ2n) is 7.68. The first-order valence-corrected chi connectivity index (χ1v) is 9.18. The summed E-state index contributed by atoms with van der Waals surface area (Å²) in [7, 11) is 0. The van der Waals surface area contributed by atoms with Gasteiger partial charge in [0.2, 0.25) is 0 Å². The molecule has 0 aliphatic carbocycles. The van der Waals surface area contributed by atoms with E-state index in [1.807, 2.05) is 16.9 Å². The maximum Gasteiger partial charge on any atom is 0.132 e. The van der Waals surface area contributed by atoms with Crippen molar-refractivity contribution in [2.24, 2.45) is 0 Å². The van der Waals surface area contributed by atoms with Crippen LogP contribution in [0.4, 0.5) is 5.82 Å². The number of hydrogen-bond donors (Lipinski definition) is 1. The summed E-state index contributed by atoms with van der Waals surface area (Å²) in [6.07, 6.45) is 3.85. The Bertz CT molecular complexity index is 919. The summed E-state index contributed by atoms with van der Waals surface area (Å²) in [5.74, 6) is 1.08. The Morgan fingerprint density at radius 3 is 2.58 bits per heavy atom. The molecule has 1 saturated heterocycles. The van der Waals surface area contributed by atoms with Crippen molar-refractivity contribution in [3.8, 4) is 0 Å². The number of para-hydroxylation sites is 1. The Labute approximate surface area is 153 Å². The number of piperidine rings is 1. The van der Waals surface area contributed by atoms with E-state index in [1.54, 1.807) is 13.8 Å². The highest BCUT2D eigenvalue weighted by molar-refractivity contribution is 5.81. The molecule has 1 fully saturated rings. The van der Waals surface area contributed by atoms with Gasteiger partial charge in [0.25, 0.3) is 0 Å². The van der Waals surface area contributed by atoms with Crippen molar-refractivity contribution < 1.29 is 5.11 Å². The summed E-state index contributed by atoms with van der Waals surface area (Å²) in [6, 6.07) is 10.8. The SMILES string of the molecule is Cc1cc2ccccc2nc1N1CCC(n2cc(C(C)(C)O)nn2)CC1. The van der Waals surface area contributed by atoms with Gasteiger partial charge in [-0.15, -0.1) is 5.10 Å². The minimum Gasteiger partial charge on any atom is -0.384 e. The third-order valence-electron chi connectivity index (χ3n) is 5.16. The highest BCUT2D eigenvalue weighted by atomic mass is 16.3. The summed E-state index contributed by atoms with van der Waals surface area (Å²) in [5.41, 5.74) is 1.92. The molecular weight excluding hydrogens is 326 g/mol. The number of aryl methyl sites for hydroxylation is 1. The number of rotatable bonds is 3. The monoisotopic (exact) mass is 351 g/mol. The predicted molar refractivity (Wildman–Crippen MR) is 102 cm³/mol. The van der Waals surface area contributed by atoms with Gasteiger partial charge in [-0.1, -0.05) is 23.4 Å². The van der Waals surface area contributed by atoms with Crippen molar-refractivity contribution in [3.05, 3.63) is 47.8 Å². The van der Waals surface area contributed by atoms with E-state index in [2.05, 4.69) is 46.4 Å². The van der Waals surface area contributed by atoms with Gasteiger partial charge in [-0.2, -0.15) is 0 Å². The van der Waals surface area contributed by atoms with Gasteiger partial charge >= 0.3 is 0 Å². The van der Waals surface area contributed by atoms with Gasteiger partial charge in [-0.25, -0.2) is 9.67 Å². The Morgan fingerprint density at radius 1 is 1.15 bits per heavy atom. The Balaban J connectivity index is 1.50. The molecule has 26 heavy (non-hydrogen) atoms. The lowest BCUT2D eigenvalue weighted by Crippen LogP contribution is -2.35. The largest absolute Gasteiger partial charge is 0.384 e. The van der Waals surface area contributed by atoms with Gasteiger partial charge in [0.05, 0.1) is 17.8 Å². The third-order valence-corrected chi connectivity index (χ3v) is 5.16. The number of pyridine rings is 1. The molecule has 1 aliphatic heterocycles. The van der Waals surface area contributed by atoms with Crippen molar-refractivity contribution in [1.82, 2.24) is 20.0 Å². The Kier molecular flexibility index (Phi) is 4.15. The minimum absolute atomic E-state index is 0.315. The van der Waals surface area contributed by atoms with Crippen LogP contribution in [0.25, 0.3) is 10.9 Å². The molecule has 6 nitrogen and oxygen atoms in total. The number of fused-ring (bicyclic) bond motifs is 1. The first-order valence-electron chi connectivity index (χ1n) is 9.18. The highest BCUT2D eigenvalue weighted by Gasteiger charge is 2.26. The lowest BCUT2D eigenvalue weighted by atomic mass is 10.0. The van der Waals surface area contributed by atoms with Gasteiger partial charge in [0, 0.05) is 18.5 Å². The zero-order chi connectivity index (χ0) is 18.3. The van der Waals surface area contributed by atoms with Crippen LogP contribution in [0, 0.1) is 6.92 Å². The van der Waals surface area contributed by atoms with Crippen LogP contribution in [0.3, 0.4) is 0 Å². The van der Waals surface area contributed by atoms with Crippen molar-refractivity contribution in [2.75, 3.05) is 18.0 Å². The number of nitrogens with zero attached hydrogens (tertiary/aromatic N) is 5. The summed E-state index contributed by atoms with van der Waals surface area (Å²) in [5, 5.41) is 19.6. The lowest BCUT2D eigenvalue weighted by Gasteiger charge is -2.33. The molecule has 1 aromatic carbocycles. The van der Waals surface area contributed by atoms with E-state index < -0.39 is 5.60 Å². The molecule has 1 N–H and O–H groups in total. The molecule has 3 aromatic rings. The van der Waals surface area contributed by atoms with Gasteiger partial charge < -0.3 is 10.0 Å². The number of benzene rings is 1. The third kappa shape index (κ3) is 3.17. The van der Waals surface area contributed by atoms with Crippen LogP contribution in [0.2, 0.25) is 0 Å². The average Bonchev–Trinajstić information content (AvgIpc) is 3.12. The average molecular weight is 351 g/mol. The second-order valence-corrected chi connectivity index (χ2v) is 7.68. The summed E-state index contributed by atoms with van der Waals surface area (Å²) in [6.45, 7) is 7.48. The normalized spacial score (nSPS) is 16.4. The van der Waals surface area contributed by atoms with Crippen molar-refractivity contribution in [2.45, 2.75) is 45.3 Å². The summed E-state index contributed by atoms with van der Waals surface area (Å²) < 4.78 is 1.91. The molecule has 0 radical (unpaired) electrons.